The Hall–Kier alpha value is -1.27. The second kappa shape index (κ2) is 9.97. The van der Waals surface area contributed by atoms with E-state index in [9.17, 15) is 0 Å². The molecule has 4 aromatic carbocycles. The summed E-state index contributed by atoms with van der Waals surface area (Å²) in [5, 5.41) is 2.70. The zero-order chi connectivity index (χ0) is 20.1. The summed E-state index contributed by atoms with van der Waals surface area (Å²) < 4.78 is 0. The first-order valence-corrected chi connectivity index (χ1v) is 15.7. The van der Waals surface area contributed by atoms with E-state index >= 15 is 0 Å². The van der Waals surface area contributed by atoms with Crippen LogP contribution in [0.3, 0.4) is 0 Å². The average molecular weight is 486 g/mol. The molecule has 0 unspecified atom stereocenters. The Labute approximate surface area is 186 Å². The summed E-state index contributed by atoms with van der Waals surface area (Å²) in [5.41, 5.74) is 7.99. The molecule has 0 heterocycles. The fourth-order valence-corrected chi connectivity index (χ4v) is 3.64. The number of hydrogen-bond acceptors (Lipinski definition) is 0. The molecule has 142 valence electrons. The van der Waals surface area contributed by atoms with Gasteiger partial charge in [0, 0.05) is 0 Å². The predicted molar refractivity (Wildman–Crippen MR) is 121 cm³/mol. The van der Waals surface area contributed by atoms with Crippen LogP contribution in [0.4, 0.5) is 0 Å². The van der Waals surface area contributed by atoms with E-state index in [0.717, 1.165) is 0 Å². The van der Waals surface area contributed by atoms with Gasteiger partial charge in [-0.15, -0.1) is 28.5 Å². The number of aryl methyl sites for hydroxylation is 1. The van der Waals surface area contributed by atoms with Crippen molar-refractivity contribution < 1.29 is 20.8 Å². The van der Waals surface area contributed by atoms with E-state index < -0.39 is 20.8 Å². The maximum atomic E-state index is 4.93. The summed E-state index contributed by atoms with van der Waals surface area (Å²) >= 11 is -0.826. The van der Waals surface area contributed by atoms with E-state index in [-0.39, 0.29) is 0 Å². The van der Waals surface area contributed by atoms with Gasteiger partial charge in [0.2, 0.25) is 0 Å². The molecule has 4 aromatic rings. The Bertz CT molecular complexity index is 1050. The van der Waals surface area contributed by atoms with E-state index in [1.54, 1.807) is 0 Å². The normalized spacial score (nSPS) is 10.6. The zero-order valence-electron chi connectivity index (χ0n) is 16.3. The van der Waals surface area contributed by atoms with E-state index in [1.165, 1.54) is 44.2 Å². The molecule has 0 aromatic heterocycles. The van der Waals surface area contributed by atoms with Gasteiger partial charge in [0.25, 0.3) is 0 Å². The molecule has 0 N–H and O–H groups in total. The monoisotopic (exact) mass is 483 g/mol. The van der Waals surface area contributed by atoms with Crippen molar-refractivity contribution in [2.75, 3.05) is 0 Å². The average Bonchev–Trinajstić information content (AvgIpc) is 3.14. The van der Waals surface area contributed by atoms with Crippen molar-refractivity contribution in [1.82, 2.24) is 0 Å². The Morgan fingerprint density at radius 3 is 2.11 bits per heavy atom. The Morgan fingerprint density at radius 2 is 1.46 bits per heavy atom. The van der Waals surface area contributed by atoms with Crippen molar-refractivity contribution in [2.24, 2.45) is 0 Å². The molecule has 0 atom stereocenters. The molecule has 4 rings (SSSR count). The molecule has 0 spiro atoms. The van der Waals surface area contributed by atoms with Gasteiger partial charge in [0.15, 0.2) is 0 Å². The van der Waals surface area contributed by atoms with Crippen LogP contribution in [0.5, 0.6) is 0 Å². The van der Waals surface area contributed by atoms with Crippen LogP contribution >= 0.6 is 17.0 Å². The first-order chi connectivity index (χ1) is 13.6. The number of halogens is 2. The van der Waals surface area contributed by atoms with Crippen LogP contribution in [0.15, 0.2) is 78.9 Å². The van der Waals surface area contributed by atoms with Gasteiger partial charge in [-0.2, -0.15) is 6.07 Å². The molecule has 0 fully saturated rings. The second-order valence-electron chi connectivity index (χ2n) is 7.19. The molecule has 0 aliphatic rings. The van der Waals surface area contributed by atoms with Crippen LogP contribution in [0.25, 0.3) is 33.0 Å². The van der Waals surface area contributed by atoms with Gasteiger partial charge in [-0.25, -0.2) is 0 Å². The van der Waals surface area contributed by atoms with Crippen molar-refractivity contribution >= 4 is 27.8 Å². The van der Waals surface area contributed by atoms with E-state index in [1.807, 2.05) is 0 Å². The number of rotatable bonds is 3. The van der Waals surface area contributed by atoms with E-state index in [4.69, 9.17) is 17.0 Å². The maximum absolute atomic E-state index is 4.93. The third kappa shape index (κ3) is 4.65. The van der Waals surface area contributed by atoms with Gasteiger partial charge in [-0.05, 0) is 35.1 Å². The standard InChI is InChI=1S/C25H23.2ClH.Zr/c1-17(2)21-15-20-13-14-23(19-10-5-4-6-11-19)25(24(20)16-21)22-12-8-7-9-18(22)3;;;/h4-17H,1-3H3;2*1H;/q-1;;;+2/p-2. The molecule has 0 bridgehead atoms. The summed E-state index contributed by atoms with van der Waals surface area (Å²) in [4.78, 5) is 0. The van der Waals surface area contributed by atoms with Crippen LogP contribution in [0, 0.1) is 6.92 Å². The van der Waals surface area contributed by atoms with Crippen LogP contribution in [0.1, 0.15) is 30.9 Å². The minimum atomic E-state index is -0.826. The Morgan fingerprint density at radius 1 is 0.821 bits per heavy atom. The fraction of sp³-hybridized carbons (Fsp3) is 0.160. The molecule has 0 saturated carbocycles. The third-order valence-corrected chi connectivity index (χ3v) is 5.08. The second-order valence-corrected chi connectivity index (χ2v) is 10.9. The van der Waals surface area contributed by atoms with Crippen molar-refractivity contribution in [1.29, 1.82) is 0 Å². The van der Waals surface area contributed by atoms with E-state index in [0.29, 0.717) is 5.92 Å². The molecule has 0 saturated heterocycles. The molecular weight excluding hydrogens is 462 g/mol. The van der Waals surface area contributed by atoms with Crippen molar-refractivity contribution in [3.8, 4) is 22.3 Å². The molecule has 0 aliphatic heterocycles. The van der Waals surface area contributed by atoms with Crippen LogP contribution < -0.4 is 0 Å². The summed E-state index contributed by atoms with van der Waals surface area (Å²) in [6.07, 6.45) is 0. The Kier molecular flexibility index (Phi) is 7.64. The molecule has 0 radical (unpaired) electrons. The van der Waals surface area contributed by atoms with Gasteiger partial charge >= 0.3 is 37.9 Å². The van der Waals surface area contributed by atoms with Crippen molar-refractivity contribution in [2.45, 2.75) is 26.7 Å². The first kappa shape index (κ1) is 21.4. The van der Waals surface area contributed by atoms with Crippen LogP contribution in [0.2, 0.25) is 0 Å². The molecule has 28 heavy (non-hydrogen) atoms. The summed E-state index contributed by atoms with van der Waals surface area (Å²) in [6, 6.07) is 28.7. The molecular formula is C25H23Cl2Zr-. The van der Waals surface area contributed by atoms with Gasteiger partial charge in [-0.3, -0.25) is 0 Å². The molecule has 3 heteroatoms. The third-order valence-electron chi connectivity index (χ3n) is 5.08. The molecule has 0 nitrogen and oxygen atoms in total. The first-order valence-electron chi connectivity index (χ1n) is 9.37. The SMILES string of the molecule is Cc1ccccc1-c1c(-c2ccccc2)ccc2[cH-]c(C(C)C)cc12.[Cl][Zr][Cl]. The summed E-state index contributed by atoms with van der Waals surface area (Å²) in [5.74, 6) is 0.539. The van der Waals surface area contributed by atoms with Crippen molar-refractivity contribution in [3.05, 3.63) is 90.0 Å². The quantitative estimate of drug-likeness (QED) is 0.255. The van der Waals surface area contributed by atoms with Crippen molar-refractivity contribution in [3.63, 3.8) is 0 Å². The summed E-state index contributed by atoms with van der Waals surface area (Å²) in [6.45, 7) is 6.73. The fourth-order valence-electron chi connectivity index (χ4n) is 3.64. The molecule has 0 amide bonds. The van der Waals surface area contributed by atoms with Gasteiger partial charge in [0.05, 0.1) is 0 Å². The Balaban J connectivity index is 0.000000706. The predicted octanol–water partition coefficient (Wildman–Crippen LogP) is 8.70. The number of hydrogen-bond donors (Lipinski definition) is 0. The van der Waals surface area contributed by atoms with Gasteiger partial charge < -0.3 is 0 Å². The summed E-state index contributed by atoms with van der Waals surface area (Å²) in [7, 11) is 9.87. The molecule has 0 aliphatic carbocycles. The van der Waals surface area contributed by atoms with E-state index in [2.05, 4.69) is 99.6 Å². The number of fused-ring (bicyclic) bond motifs is 1. The minimum absolute atomic E-state index is 0.539. The van der Waals surface area contributed by atoms with Crippen LogP contribution in [-0.2, 0) is 20.8 Å². The van der Waals surface area contributed by atoms with Gasteiger partial charge in [-0.1, -0.05) is 80.1 Å². The van der Waals surface area contributed by atoms with Crippen LogP contribution in [-0.4, -0.2) is 0 Å². The van der Waals surface area contributed by atoms with Gasteiger partial charge in [0.1, 0.15) is 0 Å². The topological polar surface area (TPSA) is 0 Å². The zero-order valence-corrected chi connectivity index (χ0v) is 20.3. The number of benzene rings is 3.